The SMILES string of the molecule is CCN(C(=O)c1ccc2c(Cl)c3c(nc2c1)CCCC3)c1ccc(F)cc1. The van der Waals surface area contributed by atoms with E-state index in [0.717, 1.165) is 52.9 Å². The van der Waals surface area contributed by atoms with Crippen molar-refractivity contribution in [2.24, 2.45) is 0 Å². The molecule has 1 aliphatic carbocycles. The zero-order valence-electron chi connectivity index (χ0n) is 15.1. The van der Waals surface area contributed by atoms with Gasteiger partial charge < -0.3 is 4.90 Å². The largest absolute Gasteiger partial charge is 0.309 e. The number of amides is 1. The Morgan fingerprint density at radius 1 is 1.15 bits per heavy atom. The second kappa shape index (κ2) is 7.28. The fourth-order valence-electron chi connectivity index (χ4n) is 3.72. The number of aryl methyl sites for hydroxylation is 1. The lowest BCUT2D eigenvalue weighted by molar-refractivity contribution is 0.0988. The van der Waals surface area contributed by atoms with Crippen molar-refractivity contribution < 1.29 is 9.18 Å². The summed E-state index contributed by atoms with van der Waals surface area (Å²) in [6, 6.07) is 11.4. The number of hydrogen-bond donors (Lipinski definition) is 0. The van der Waals surface area contributed by atoms with E-state index in [1.807, 2.05) is 19.1 Å². The van der Waals surface area contributed by atoms with E-state index in [1.165, 1.54) is 12.1 Å². The number of carbonyl (C=O) groups excluding carboxylic acids is 1. The molecule has 3 nitrogen and oxygen atoms in total. The molecule has 0 radical (unpaired) electrons. The fourth-order valence-corrected chi connectivity index (χ4v) is 4.08. The van der Waals surface area contributed by atoms with Crippen molar-refractivity contribution in [3.63, 3.8) is 0 Å². The van der Waals surface area contributed by atoms with Gasteiger partial charge in [0.15, 0.2) is 0 Å². The molecule has 4 rings (SSSR count). The molecule has 0 saturated heterocycles. The van der Waals surface area contributed by atoms with Crippen LogP contribution in [0.1, 0.15) is 41.4 Å². The summed E-state index contributed by atoms with van der Waals surface area (Å²) in [7, 11) is 0. The van der Waals surface area contributed by atoms with Crippen LogP contribution in [0.3, 0.4) is 0 Å². The molecular weight excluding hydrogens is 363 g/mol. The number of anilines is 1. The van der Waals surface area contributed by atoms with E-state index in [2.05, 4.69) is 0 Å². The Balaban J connectivity index is 1.74. The third-order valence-corrected chi connectivity index (χ3v) is 5.57. The smallest absolute Gasteiger partial charge is 0.258 e. The second-order valence-corrected chi connectivity index (χ2v) is 7.19. The number of hydrogen-bond acceptors (Lipinski definition) is 2. The summed E-state index contributed by atoms with van der Waals surface area (Å²) in [4.78, 5) is 19.5. The molecule has 0 N–H and O–H groups in total. The molecule has 138 valence electrons. The minimum absolute atomic E-state index is 0.137. The van der Waals surface area contributed by atoms with Gasteiger partial charge >= 0.3 is 0 Å². The Hall–Kier alpha value is -2.46. The summed E-state index contributed by atoms with van der Waals surface area (Å²) in [6.45, 7) is 2.38. The topological polar surface area (TPSA) is 33.2 Å². The van der Waals surface area contributed by atoms with Gasteiger partial charge in [0.25, 0.3) is 5.91 Å². The van der Waals surface area contributed by atoms with Crippen LogP contribution in [0.2, 0.25) is 5.02 Å². The number of rotatable bonds is 3. The lowest BCUT2D eigenvalue weighted by Gasteiger charge is -2.22. The van der Waals surface area contributed by atoms with Crippen LogP contribution in [0, 0.1) is 5.82 Å². The number of halogens is 2. The van der Waals surface area contributed by atoms with Crippen LogP contribution in [-0.4, -0.2) is 17.4 Å². The molecule has 1 heterocycles. The molecule has 0 aliphatic heterocycles. The molecule has 0 unspecified atom stereocenters. The van der Waals surface area contributed by atoms with Gasteiger partial charge in [-0.1, -0.05) is 17.7 Å². The van der Waals surface area contributed by atoms with Gasteiger partial charge in [0.1, 0.15) is 5.82 Å². The van der Waals surface area contributed by atoms with E-state index in [1.54, 1.807) is 23.1 Å². The van der Waals surface area contributed by atoms with Gasteiger partial charge in [-0.2, -0.15) is 0 Å². The van der Waals surface area contributed by atoms with Gasteiger partial charge in [-0.05, 0) is 74.6 Å². The van der Waals surface area contributed by atoms with Gasteiger partial charge in [-0.3, -0.25) is 9.78 Å². The van der Waals surface area contributed by atoms with Crippen molar-refractivity contribution >= 4 is 34.1 Å². The van der Waals surface area contributed by atoms with E-state index in [4.69, 9.17) is 16.6 Å². The molecule has 1 amide bonds. The van der Waals surface area contributed by atoms with Gasteiger partial charge in [0.05, 0.1) is 10.5 Å². The van der Waals surface area contributed by atoms with Gasteiger partial charge in [0.2, 0.25) is 0 Å². The van der Waals surface area contributed by atoms with Crippen LogP contribution in [-0.2, 0) is 12.8 Å². The number of benzene rings is 2. The quantitative estimate of drug-likeness (QED) is 0.593. The van der Waals surface area contributed by atoms with Crippen molar-refractivity contribution in [3.05, 3.63) is 70.1 Å². The predicted octanol–water partition coefficient (Wildman–Crippen LogP) is 5.57. The highest BCUT2D eigenvalue weighted by Crippen LogP contribution is 2.33. The molecule has 27 heavy (non-hydrogen) atoms. The maximum Gasteiger partial charge on any atom is 0.258 e. The van der Waals surface area contributed by atoms with E-state index in [0.29, 0.717) is 17.8 Å². The first-order chi connectivity index (χ1) is 13.1. The fraction of sp³-hybridized carbons (Fsp3) is 0.273. The molecule has 1 aromatic heterocycles. The molecule has 0 saturated carbocycles. The molecule has 1 aliphatic rings. The number of pyridine rings is 1. The van der Waals surface area contributed by atoms with Crippen LogP contribution in [0.5, 0.6) is 0 Å². The highest BCUT2D eigenvalue weighted by atomic mass is 35.5. The molecule has 2 aromatic carbocycles. The summed E-state index contributed by atoms with van der Waals surface area (Å²) in [5, 5.41) is 1.65. The summed E-state index contributed by atoms with van der Waals surface area (Å²) < 4.78 is 13.2. The van der Waals surface area contributed by atoms with Crippen LogP contribution in [0.15, 0.2) is 42.5 Å². The maximum atomic E-state index is 13.2. The van der Waals surface area contributed by atoms with Gasteiger partial charge in [-0.15, -0.1) is 0 Å². The lowest BCUT2D eigenvalue weighted by Crippen LogP contribution is -2.30. The van der Waals surface area contributed by atoms with E-state index < -0.39 is 0 Å². The Labute approximate surface area is 162 Å². The van der Waals surface area contributed by atoms with E-state index in [9.17, 15) is 9.18 Å². The summed E-state index contributed by atoms with van der Waals surface area (Å²) in [6.07, 6.45) is 4.15. The average Bonchev–Trinajstić information content (AvgIpc) is 2.69. The van der Waals surface area contributed by atoms with E-state index >= 15 is 0 Å². The second-order valence-electron chi connectivity index (χ2n) is 6.82. The zero-order chi connectivity index (χ0) is 19.0. The third kappa shape index (κ3) is 3.30. The number of carbonyl (C=O) groups is 1. The highest BCUT2D eigenvalue weighted by molar-refractivity contribution is 6.36. The first-order valence-electron chi connectivity index (χ1n) is 9.27. The summed E-state index contributed by atoms with van der Waals surface area (Å²) in [5.41, 5.74) is 4.17. The van der Waals surface area contributed by atoms with Crippen molar-refractivity contribution in [1.29, 1.82) is 0 Å². The minimum Gasteiger partial charge on any atom is -0.309 e. The Morgan fingerprint density at radius 3 is 2.63 bits per heavy atom. The molecule has 5 heteroatoms. The molecule has 0 spiro atoms. The average molecular weight is 383 g/mol. The third-order valence-electron chi connectivity index (χ3n) is 5.14. The normalized spacial score (nSPS) is 13.4. The monoisotopic (exact) mass is 382 g/mol. The standard InChI is InChI=1S/C22H20ClFN2O/c1-2-26(16-10-8-15(24)9-11-16)22(27)14-7-12-18-20(13-14)25-19-6-4-3-5-17(19)21(18)23/h7-13H,2-6H2,1H3. The summed E-state index contributed by atoms with van der Waals surface area (Å²) >= 11 is 6.62. The number of aromatic nitrogens is 1. The first kappa shape index (κ1) is 17.9. The minimum atomic E-state index is -0.323. The van der Waals surface area contributed by atoms with Gasteiger partial charge in [-0.25, -0.2) is 4.39 Å². The Bertz CT molecular complexity index is 1020. The van der Waals surface area contributed by atoms with Crippen LogP contribution in [0.4, 0.5) is 10.1 Å². The zero-order valence-corrected chi connectivity index (χ0v) is 15.9. The molecule has 0 atom stereocenters. The lowest BCUT2D eigenvalue weighted by atomic mass is 9.94. The van der Waals surface area contributed by atoms with Crippen LogP contribution < -0.4 is 4.90 Å². The number of nitrogens with zero attached hydrogens (tertiary/aromatic N) is 2. The molecule has 0 fully saturated rings. The van der Waals surface area contributed by atoms with Crippen LogP contribution >= 0.6 is 11.6 Å². The van der Waals surface area contributed by atoms with Crippen molar-refractivity contribution in [3.8, 4) is 0 Å². The summed E-state index contributed by atoms with van der Waals surface area (Å²) in [5.74, 6) is -0.460. The Kier molecular flexibility index (Phi) is 4.83. The van der Waals surface area contributed by atoms with Crippen molar-refractivity contribution in [1.82, 2.24) is 4.98 Å². The molecule has 3 aromatic rings. The van der Waals surface area contributed by atoms with Gasteiger partial charge in [0, 0.05) is 28.9 Å². The van der Waals surface area contributed by atoms with Crippen molar-refractivity contribution in [2.45, 2.75) is 32.6 Å². The van der Waals surface area contributed by atoms with Crippen LogP contribution in [0.25, 0.3) is 10.9 Å². The predicted molar refractivity (Wildman–Crippen MR) is 107 cm³/mol. The Morgan fingerprint density at radius 2 is 1.89 bits per heavy atom. The maximum absolute atomic E-state index is 13.2. The van der Waals surface area contributed by atoms with Crippen molar-refractivity contribution in [2.75, 3.05) is 11.4 Å². The highest BCUT2D eigenvalue weighted by Gasteiger charge is 2.20. The van der Waals surface area contributed by atoms with E-state index in [-0.39, 0.29) is 11.7 Å². The molecule has 0 bridgehead atoms. The molecular formula is C22H20ClFN2O. The number of fused-ring (bicyclic) bond motifs is 2. The first-order valence-corrected chi connectivity index (χ1v) is 9.64.